The van der Waals surface area contributed by atoms with Gasteiger partial charge in [-0.25, -0.2) is 19.6 Å². The molecule has 2 aromatic carbocycles. The number of H-pyrrole nitrogens is 2. The van der Waals surface area contributed by atoms with Crippen LogP contribution in [-0.4, -0.2) is 73.9 Å². The molecule has 2 heterocycles. The average molecular weight is 756 g/mol. The topological polar surface area (TPSA) is 146 Å². The molecule has 4 aromatic rings. The van der Waals surface area contributed by atoms with Gasteiger partial charge in [0.05, 0.1) is 13.2 Å². The van der Waals surface area contributed by atoms with Gasteiger partial charge in [0.2, 0.25) is 0 Å². The number of anilines is 1. The summed E-state index contributed by atoms with van der Waals surface area (Å²) in [6.45, 7) is 12.2. The van der Waals surface area contributed by atoms with Gasteiger partial charge in [-0.1, -0.05) is 90.5 Å². The fraction of sp³-hybridized carbons (Fsp3) is 0.512. The van der Waals surface area contributed by atoms with Gasteiger partial charge in [-0.2, -0.15) is 0 Å². The minimum atomic E-state index is -1.09. The van der Waals surface area contributed by atoms with Crippen LogP contribution in [-0.2, 0) is 32.2 Å². The standard InChI is InChI=1S/C43H61N7O5/c1-5-9-11-13-29-54-42(52)37(39-44-23-24-45-39)50(38(40-46-25-26-47-40)43(53)55-30-14-12-10-6-2)32-34-15-19-35(20-16-34)41(51)48-36-21-17-33(18-22-36)31-49(27-7-3)28-8-4/h15-26,37-38H,5-14,27-32H2,1-4H3,(H,44,45)(H,46,47)(H,48,51). The molecule has 0 aliphatic heterocycles. The number of esters is 2. The van der Waals surface area contributed by atoms with Crippen molar-refractivity contribution in [1.29, 1.82) is 0 Å². The minimum Gasteiger partial charge on any atom is -0.464 e. The summed E-state index contributed by atoms with van der Waals surface area (Å²) in [5, 5.41) is 3.01. The molecule has 55 heavy (non-hydrogen) atoms. The van der Waals surface area contributed by atoms with E-state index in [0.29, 0.717) is 22.9 Å². The molecule has 0 bridgehead atoms. The monoisotopic (exact) mass is 755 g/mol. The summed E-state index contributed by atoms with van der Waals surface area (Å²) >= 11 is 0. The quantitative estimate of drug-likeness (QED) is 0.0424. The molecule has 0 spiro atoms. The van der Waals surface area contributed by atoms with Crippen molar-refractivity contribution in [3.8, 4) is 0 Å². The smallest absolute Gasteiger partial charge is 0.331 e. The van der Waals surface area contributed by atoms with Gasteiger partial charge in [0, 0.05) is 49.1 Å². The predicted octanol–water partition coefficient (Wildman–Crippen LogP) is 8.54. The van der Waals surface area contributed by atoms with Crippen LogP contribution in [0.2, 0.25) is 0 Å². The van der Waals surface area contributed by atoms with Crippen LogP contribution in [0.5, 0.6) is 0 Å². The molecule has 2 aromatic heterocycles. The first kappa shape index (κ1) is 42.9. The molecule has 0 aliphatic carbocycles. The van der Waals surface area contributed by atoms with E-state index in [9.17, 15) is 14.4 Å². The van der Waals surface area contributed by atoms with Crippen molar-refractivity contribution < 1.29 is 23.9 Å². The third-order valence-electron chi connectivity index (χ3n) is 9.43. The van der Waals surface area contributed by atoms with Gasteiger partial charge >= 0.3 is 11.9 Å². The number of benzene rings is 2. The molecule has 4 rings (SSSR count). The summed E-state index contributed by atoms with van der Waals surface area (Å²) in [6.07, 6.45) is 16.2. The lowest BCUT2D eigenvalue weighted by molar-refractivity contribution is -0.160. The second-order valence-corrected chi connectivity index (χ2v) is 14.0. The highest BCUT2D eigenvalue weighted by atomic mass is 16.5. The Morgan fingerprint density at radius 2 is 1.13 bits per heavy atom. The lowest BCUT2D eigenvalue weighted by Crippen LogP contribution is -2.42. The van der Waals surface area contributed by atoms with Crippen LogP contribution in [0.1, 0.15) is 137 Å². The summed E-state index contributed by atoms with van der Waals surface area (Å²) in [4.78, 5) is 60.6. The zero-order chi connectivity index (χ0) is 39.3. The Bertz CT molecular complexity index is 1590. The lowest BCUT2D eigenvalue weighted by Gasteiger charge is -2.34. The Labute approximate surface area is 326 Å². The van der Waals surface area contributed by atoms with Crippen molar-refractivity contribution >= 4 is 23.5 Å². The van der Waals surface area contributed by atoms with Gasteiger partial charge < -0.3 is 24.8 Å². The number of hydrogen-bond acceptors (Lipinski definition) is 9. The van der Waals surface area contributed by atoms with Crippen LogP contribution in [0, 0.1) is 0 Å². The Morgan fingerprint density at radius 3 is 1.58 bits per heavy atom. The molecule has 0 fully saturated rings. The highest BCUT2D eigenvalue weighted by Crippen LogP contribution is 2.33. The summed E-state index contributed by atoms with van der Waals surface area (Å²) in [5.74, 6) is -0.656. The number of aromatic amines is 2. The maximum absolute atomic E-state index is 14.0. The van der Waals surface area contributed by atoms with Crippen molar-refractivity contribution in [3.63, 3.8) is 0 Å². The zero-order valence-electron chi connectivity index (χ0n) is 33.2. The maximum Gasteiger partial charge on any atom is 0.331 e. The molecule has 2 atom stereocenters. The highest BCUT2D eigenvalue weighted by Gasteiger charge is 2.42. The van der Waals surface area contributed by atoms with E-state index in [1.165, 1.54) is 5.56 Å². The van der Waals surface area contributed by atoms with E-state index in [4.69, 9.17) is 9.47 Å². The molecule has 0 radical (unpaired) electrons. The number of unbranched alkanes of at least 4 members (excludes halogenated alkanes) is 6. The van der Waals surface area contributed by atoms with Crippen LogP contribution in [0.25, 0.3) is 0 Å². The van der Waals surface area contributed by atoms with Crippen molar-refractivity contribution in [2.24, 2.45) is 0 Å². The second kappa shape index (κ2) is 23.9. The van der Waals surface area contributed by atoms with E-state index in [1.807, 2.05) is 24.3 Å². The van der Waals surface area contributed by atoms with Gasteiger partial charge in [0.1, 0.15) is 11.6 Å². The van der Waals surface area contributed by atoms with Gasteiger partial charge in [-0.3, -0.25) is 14.6 Å². The second-order valence-electron chi connectivity index (χ2n) is 14.0. The summed E-state index contributed by atoms with van der Waals surface area (Å²) in [7, 11) is 0. The molecule has 2 unspecified atom stereocenters. The number of carbonyl (C=O) groups is 3. The van der Waals surface area contributed by atoms with E-state index in [2.05, 4.69) is 70.0 Å². The van der Waals surface area contributed by atoms with Crippen molar-refractivity contribution in [2.45, 2.75) is 117 Å². The number of carbonyl (C=O) groups excluding carboxylic acids is 3. The van der Waals surface area contributed by atoms with Gasteiger partial charge in [0.15, 0.2) is 12.1 Å². The molecule has 0 saturated carbocycles. The highest BCUT2D eigenvalue weighted by molar-refractivity contribution is 6.04. The van der Waals surface area contributed by atoms with Gasteiger partial charge in [-0.05, 0) is 74.2 Å². The number of nitrogens with zero attached hydrogens (tertiary/aromatic N) is 4. The Hall–Kier alpha value is -4.81. The Balaban J connectivity index is 1.57. The van der Waals surface area contributed by atoms with Gasteiger partial charge in [-0.15, -0.1) is 0 Å². The van der Waals surface area contributed by atoms with E-state index in [0.717, 1.165) is 89.4 Å². The summed E-state index contributed by atoms with van der Waals surface area (Å²) in [6, 6.07) is 12.9. The number of imidazole rings is 2. The van der Waals surface area contributed by atoms with Crippen molar-refractivity contribution in [1.82, 2.24) is 29.7 Å². The van der Waals surface area contributed by atoms with Crippen molar-refractivity contribution in [3.05, 3.63) is 102 Å². The maximum atomic E-state index is 14.0. The van der Waals surface area contributed by atoms with E-state index >= 15 is 0 Å². The minimum absolute atomic E-state index is 0.114. The van der Waals surface area contributed by atoms with Crippen molar-refractivity contribution in [2.75, 3.05) is 31.6 Å². The first-order valence-electron chi connectivity index (χ1n) is 20.2. The van der Waals surface area contributed by atoms with E-state index < -0.39 is 24.0 Å². The molecular weight excluding hydrogens is 695 g/mol. The third kappa shape index (κ3) is 13.8. The summed E-state index contributed by atoms with van der Waals surface area (Å²) < 4.78 is 11.7. The van der Waals surface area contributed by atoms with Crippen LogP contribution < -0.4 is 5.32 Å². The molecule has 298 valence electrons. The first-order valence-corrected chi connectivity index (χ1v) is 20.2. The molecule has 0 saturated heterocycles. The molecule has 12 nitrogen and oxygen atoms in total. The van der Waals surface area contributed by atoms with Crippen LogP contribution in [0.15, 0.2) is 73.3 Å². The fourth-order valence-corrected chi connectivity index (χ4v) is 6.58. The van der Waals surface area contributed by atoms with E-state index in [1.54, 1.807) is 41.8 Å². The molecule has 3 N–H and O–H groups in total. The number of rotatable bonds is 26. The zero-order valence-corrected chi connectivity index (χ0v) is 33.2. The number of aromatic nitrogens is 4. The fourth-order valence-electron chi connectivity index (χ4n) is 6.58. The van der Waals surface area contributed by atoms with E-state index in [-0.39, 0.29) is 25.7 Å². The SMILES string of the molecule is CCCCCCOC(=O)C(c1ncc[nH]1)N(Cc1ccc(C(=O)Nc2ccc(CN(CCC)CCC)cc2)cc1)C(C(=O)OCCCCCC)c1ncc[nH]1. The molecule has 1 amide bonds. The van der Waals surface area contributed by atoms with Crippen LogP contribution in [0.4, 0.5) is 5.69 Å². The Morgan fingerprint density at radius 1 is 0.636 bits per heavy atom. The first-order chi connectivity index (χ1) is 26.9. The average Bonchev–Trinajstić information content (AvgIpc) is 3.92. The molecule has 0 aliphatic rings. The third-order valence-corrected chi connectivity index (χ3v) is 9.43. The molecule has 12 heteroatoms. The number of ether oxygens (including phenoxy) is 2. The predicted molar refractivity (Wildman–Crippen MR) is 215 cm³/mol. The molecular formula is C43H61N7O5. The van der Waals surface area contributed by atoms with Crippen LogP contribution >= 0.6 is 0 Å². The number of nitrogens with one attached hydrogen (secondary N) is 3. The number of hydrogen-bond donors (Lipinski definition) is 3. The summed E-state index contributed by atoms with van der Waals surface area (Å²) in [5.41, 5.74) is 3.14. The normalized spacial score (nSPS) is 12.5. The lowest BCUT2D eigenvalue weighted by atomic mass is 10.1. The Kier molecular flexibility index (Phi) is 18.6. The largest absolute Gasteiger partial charge is 0.464 e. The van der Waals surface area contributed by atoms with Gasteiger partial charge in [0.25, 0.3) is 5.91 Å². The number of amides is 1. The van der Waals surface area contributed by atoms with Crippen LogP contribution in [0.3, 0.4) is 0 Å².